The van der Waals surface area contributed by atoms with Crippen LogP contribution in [0.3, 0.4) is 0 Å². The second-order valence-corrected chi connectivity index (χ2v) is 16.3. The summed E-state index contributed by atoms with van der Waals surface area (Å²) in [5, 5.41) is 26.9. The molecule has 0 bridgehead atoms. The number of amides is 2. The van der Waals surface area contributed by atoms with Crippen LogP contribution in [0.2, 0.25) is 0 Å². The number of carboxylic acids is 2. The first-order valence-corrected chi connectivity index (χ1v) is 23.1. The van der Waals surface area contributed by atoms with Crippen molar-refractivity contribution in [3.8, 4) is 0 Å². The number of carbonyl (C=O) groups is 4. The summed E-state index contributed by atoms with van der Waals surface area (Å²) < 4.78 is 0. The molecular formula is C43H80N2NaO6S-. The van der Waals surface area contributed by atoms with Crippen molar-refractivity contribution in [1.29, 1.82) is 0 Å². The molecule has 1 unspecified atom stereocenters. The van der Waals surface area contributed by atoms with E-state index < -0.39 is 30.3 Å². The summed E-state index contributed by atoms with van der Waals surface area (Å²) >= 11 is 2.18. The molecule has 1 atom stereocenters. The van der Waals surface area contributed by atoms with Gasteiger partial charge in [0.2, 0.25) is 11.8 Å². The molecule has 0 saturated carbocycles. The molecule has 0 fully saturated rings. The van der Waals surface area contributed by atoms with E-state index in [1.165, 1.54) is 140 Å². The van der Waals surface area contributed by atoms with Gasteiger partial charge in [-0.1, -0.05) is 167 Å². The van der Waals surface area contributed by atoms with Crippen LogP contribution in [0.4, 0.5) is 0 Å². The van der Waals surface area contributed by atoms with Gasteiger partial charge in [-0.3, -0.25) is 9.59 Å². The van der Waals surface area contributed by atoms with Crippen LogP contribution >= 0.6 is 11.8 Å². The molecule has 0 spiro atoms. The summed E-state index contributed by atoms with van der Waals surface area (Å²) in [6.45, 7) is 3.04. The molecule has 0 aliphatic heterocycles. The van der Waals surface area contributed by atoms with Gasteiger partial charge < -0.3 is 30.4 Å². The molecule has 0 saturated heterocycles. The molecule has 0 aromatic heterocycles. The largest absolute Gasteiger partial charge is 1.00 e. The van der Waals surface area contributed by atoms with Gasteiger partial charge in [0.1, 0.15) is 0 Å². The van der Waals surface area contributed by atoms with Crippen LogP contribution < -0.4 is 50.4 Å². The monoisotopic (exact) mass is 776 g/mol. The second-order valence-electron chi connectivity index (χ2n) is 15.1. The summed E-state index contributed by atoms with van der Waals surface area (Å²) in [6, 6.07) is -1.30. The number of aliphatic carboxylic acids is 2. The van der Waals surface area contributed by atoms with E-state index in [0.717, 1.165) is 64.3 Å². The van der Waals surface area contributed by atoms with Crippen LogP contribution in [-0.4, -0.2) is 47.8 Å². The van der Waals surface area contributed by atoms with Crippen molar-refractivity contribution in [2.75, 3.05) is 18.1 Å². The van der Waals surface area contributed by atoms with Crippen molar-refractivity contribution < 1.29 is 58.9 Å². The average molecular weight is 776 g/mol. The van der Waals surface area contributed by atoms with Crippen molar-refractivity contribution >= 4 is 35.5 Å². The first-order chi connectivity index (χ1) is 25.4. The standard InChI is InChI=1S/C43H82N2O6S.Na/c1-2-3-4-5-6-7-15-20-25-30-37-52-38-31-26-21-16-11-9-8-10-12-17-22-27-32-40(46)44-36-29-24-19-14-13-18-23-28-33-41(47)45-39(43(50)51)34-35-42(48)49;/h39H,2-38H2,1H3,(H,44,46)(H,45,47)(H,48,49)(H,50,51);/q;+1/p-2. The first-order valence-electron chi connectivity index (χ1n) is 21.9. The fraction of sp³-hybridized carbons (Fsp3) is 0.907. The Hall–Kier alpha value is -0.770. The summed E-state index contributed by atoms with van der Waals surface area (Å²) in [5.41, 5.74) is 0. The van der Waals surface area contributed by atoms with E-state index in [1.807, 2.05) is 0 Å². The molecular weight excluding hydrogens is 696 g/mol. The van der Waals surface area contributed by atoms with Crippen LogP contribution in [0.15, 0.2) is 0 Å². The van der Waals surface area contributed by atoms with Crippen LogP contribution in [0.1, 0.15) is 225 Å². The number of unbranched alkanes of at least 4 members (excludes halogenated alkanes) is 27. The van der Waals surface area contributed by atoms with E-state index >= 15 is 0 Å². The summed E-state index contributed by atoms with van der Waals surface area (Å²) in [7, 11) is 0. The van der Waals surface area contributed by atoms with E-state index in [-0.39, 0.29) is 48.3 Å². The normalized spacial score (nSPS) is 11.6. The molecule has 0 rings (SSSR count). The van der Waals surface area contributed by atoms with Gasteiger partial charge in [0, 0.05) is 25.4 Å². The first kappa shape index (κ1) is 54.3. The van der Waals surface area contributed by atoms with Crippen LogP contribution in [-0.2, 0) is 19.2 Å². The fourth-order valence-electron chi connectivity index (χ4n) is 6.62. The molecule has 0 heterocycles. The van der Waals surface area contributed by atoms with Crippen molar-refractivity contribution in [1.82, 2.24) is 10.6 Å². The maximum absolute atomic E-state index is 12.1. The third-order valence-electron chi connectivity index (χ3n) is 9.99. The summed E-state index contributed by atoms with van der Waals surface area (Å²) in [4.78, 5) is 45.6. The molecule has 2 amide bonds. The molecule has 8 nitrogen and oxygen atoms in total. The predicted molar refractivity (Wildman–Crippen MR) is 215 cm³/mol. The zero-order valence-electron chi connectivity index (χ0n) is 34.6. The van der Waals surface area contributed by atoms with Gasteiger partial charge >= 0.3 is 29.6 Å². The zero-order valence-corrected chi connectivity index (χ0v) is 37.4. The van der Waals surface area contributed by atoms with Crippen molar-refractivity contribution in [3.05, 3.63) is 0 Å². The van der Waals surface area contributed by atoms with E-state index in [9.17, 15) is 29.4 Å². The van der Waals surface area contributed by atoms with Gasteiger partial charge in [-0.05, 0) is 56.5 Å². The third-order valence-corrected chi connectivity index (χ3v) is 11.1. The topological polar surface area (TPSA) is 138 Å². The molecule has 53 heavy (non-hydrogen) atoms. The Morgan fingerprint density at radius 2 is 0.830 bits per heavy atom. The fourth-order valence-corrected chi connectivity index (χ4v) is 7.64. The number of rotatable bonds is 42. The van der Waals surface area contributed by atoms with Gasteiger partial charge in [0.05, 0.1) is 12.0 Å². The van der Waals surface area contributed by atoms with E-state index in [2.05, 4.69) is 29.3 Å². The van der Waals surface area contributed by atoms with Crippen molar-refractivity contribution in [2.24, 2.45) is 0 Å². The Kier molecular flexibility index (Phi) is 45.1. The number of carbonyl (C=O) groups excluding carboxylic acids is 4. The van der Waals surface area contributed by atoms with Crippen molar-refractivity contribution in [3.63, 3.8) is 0 Å². The van der Waals surface area contributed by atoms with Gasteiger partial charge in [-0.25, -0.2) is 0 Å². The molecule has 0 aromatic rings. The molecule has 0 radical (unpaired) electrons. The summed E-state index contributed by atoms with van der Waals surface area (Å²) in [5.74, 6) is -0.328. The Morgan fingerprint density at radius 3 is 1.23 bits per heavy atom. The second kappa shape index (κ2) is 44.0. The molecule has 0 aliphatic rings. The van der Waals surface area contributed by atoms with Crippen LogP contribution in [0.5, 0.6) is 0 Å². The smallest absolute Gasteiger partial charge is 0.550 e. The van der Waals surface area contributed by atoms with Gasteiger partial charge in [0.25, 0.3) is 0 Å². The zero-order chi connectivity index (χ0) is 38.2. The third kappa shape index (κ3) is 43.8. The minimum absolute atomic E-state index is 0. The van der Waals surface area contributed by atoms with Gasteiger partial charge in [-0.2, -0.15) is 11.8 Å². The minimum Gasteiger partial charge on any atom is -0.550 e. The Labute approximate surface area is 352 Å². The molecule has 0 aliphatic carbocycles. The Balaban J connectivity index is 0. The minimum atomic E-state index is -1.48. The molecule has 0 aromatic carbocycles. The van der Waals surface area contributed by atoms with Crippen molar-refractivity contribution in [2.45, 2.75) is 231 Å². The number of hydrogen-bond acceptors (Lipinski definition) is 7. The predicted octanol–water partition coefficient (Wildman–Crippen LogP) is 6.11. The van der Waals surface area contributed by atoms with Gasteiger partial charge in [-0.15, -0.1) is 0 Å². The molecule has 10 heteroatoms. The number of hydrogen-bond donors (Lipinski definition) is 2. The summed E-state index contributed by atoms with van der Waals surface area (Å²) in [6.07, 6.45) is 38.2. The Morgan fingerprint density at radius 1 is 0.472 bits per heavy atom. The van der Waals surface area contributed by atoms with Gasteiger partial charge in [0.15, 0.2) is 0 Å². The van der Waals surface area contributed by atoms with E-state index in [4.69, 9.17) is 0 Å². The quantitative estimate of drug-likeness (QED) is 0.0564. The molecule has 306 valence electrons. The van der Waals surface area contributed by atoms with Crippen LogP contribution in [0.25, 0.3) is 0 Å². The number of carboxylic acid groups (broad SMARTS) is 2. The average Bonchev–Trinajstić information content (AvgIpc) is 3.12. The van der Waals surface area contributed by atoms with Crippen LogP contribution in [0, 0.1) is 0 Å². The maximum Gasteiger partial charge on any atom is 1.00 e. The number of thioether (sulfide) groups is 1. The SMILES string of the molecule is CCCCCCCCCCCCSCCCCCCCCCCCCCCC(=O)NCCCCCCCCCCC(=O)NC(CCC(=O)[O-])C(=O)[O-].[Na+]. The maximum atomic E-state index is 12.1. The van der Waals surface area contributed by atoms with E-state index in [1.54, 1.807) is 0 Å². The van der Waals surface area contributed by atoms with E-state index in [0.29, 0.717) is 12.8 Å². The number of nitrogens with one attached hydrogen (secondary N) is 2. The molecule has 2 N–H and O–H groups in total. The Bertz CT molecular complexity index is 850.